The molecule has 0 atom stereocenters. The molecule has 0 aliphatic carbocycles. The van der Waals surface area contributed by atoms with Crippen LogP contribution in [0.4, 0.5) is 5.69 Å². The van der Waals surface area contributed by atoms with Gasteiger partial charge in [-0.3, -0.25) is 4.98 Å². The van der Waals surface area contributed by atoms with Gasteiger partial charge in [0.2, 0.25) is 5.16 Å². The van der Waals surface area contributed by atoms with Crippen molar-refractivity contribution in [2.45, 2.75) is 10.1 Å². The van der Waals surface area contributed by atoms with Crippen molar-refractivity contribution in [3.8, 4) is 5.69 Å². The average Bonchev–Trinajstić information content (AvgIpc) is 2.91. The molecule has 2 N–H and O–H groups in total. The van der Waals surface area contributed by atoms with Gasteiger partial charge in [-0.25, -0.2) is 0 Å². The van der Waals surface area contributed by atoms with Crippen LogP contribution in [0, 0.1) is 0 Å². The molecular weight excluding hydrogens is 260 g/mol. The first kappa shape index (κ1) is 11.7. The highest BCUT2D eigenvalue weighted by Crippen LogP contribution is 2.30. The zero-order valence-corrected chi connectivity index (χ0v) is 10.7. The zero-order chi connectivity index (χ0) is 13.1. The summed E-state index contributed by atoms with van der Waals surface area (Å²) >= 11 is 1.40. The number of rotatable bonds is 3. The number of pyridine rings is 1. The van der Waals surface area contributed by atoms with Crippen LogP contribution in [0.5, 0.6) is 0 Å². The van der Waals surface area contributed by atoms with E-state index >= 15 is 0 Å². The maximum absolute atomic E-state index is 5.86. The molecule has 0 fully saturated rings. The molecule has 0 spiro atoms. The highest BCUT2D eigenvalue weighted by molar-refractivity contribution is 7.99. The van der Waals surface area contributed by atoms with Crippen LogP contribution >= 0.6 is 11.8 Å². The molecule has 7 heteroatoms. The van der Waals surface area contributed by atoms with Crippen LogP contribution in [0.2, 0.25) is 0 Å². The highest BCUT2D eigenvalue weighted by atomic mass is 32.2. The standard InChI is InChI=1S/C12H10N6S/c13-10-8-14-7-6-11(10)19-12-15-16-17-18(12)9-4-2-1-3-5-9/h1-8H,13H2. The molecule has 0 unspecified atom stereocenters. The maximum atomic E-state index is 5.86. The van der Waals surface area contributed by atoms with Gasteiger partial charge in [-0.15, -0.1) is 5.10 Å². The van der Waals surface area contributed by atoms with E-state index in [2.05, 4.69) is 20.5 Å². The average molecular weight is 270 g/mol. The van der Waals surface area contributed by atoms with Crippen LogP contribution < -0.4 is 5.73 Å². The molecule has 2 heterocycles. The summed E-state index contributed by atoms with van der Waals surface area (Å²) in [5, 5.41) is 12.4. The Morgan fingerprint density at radius 1 is 1.11 bits per heavy atom. The summed E-state index contributed by atoms with van der Waals surface area (Å²) in [5.74, 6) is 0. The fraction of sp³-hybridized carbons (Fsp3) is 0. The van der Waals surface area contributed by atoms with Crippen molar-refractivity contribution in [1.29, 1.82) is 0 Å². The zero-order valence-electron chi connectivity index (χ0n) is 9.84. The fourth-order valence-corrected chi connectivity index (χ4v) is 2.36. The Hall–Kier alpha value is -2.41. The van der Waals surface area contributed by atoms with E-state index in [0.29, 0.717) is 10.8 Å². The molecule has 0 amide bonds. The highest BCUT2D eigenvalue weighted by Gasteiger charge is 2.11. The molecular formula is C12H10N6S. The maximum Gasteiger partial charge on any atom is 0.218 e. The molecule has 0 aliphatic heterocycles. The Morgan fingerprint density at radius 2 is 1.95 bits per heavy atom. The van der Waals surface area contributed by atoms with Gasteiger partial charge in [-0.1, -0.05) is 18.2 Å². The van der Waals surface area contributed by atoms with Gasteiger partial charge in [0.15, 0.2) is 0 Å². The van der Waals surface area contributed by atoms with E-state index in [9.17, 15) is 0 Å². The minimum Gasteiger partial charge on any atom is -0.397 e. The van der Waals surface area contributed by atoms with Crippen molar-refractivity contribution in [3.63, 3.8) is 0 Å². The Labute approximate surface area is 113 Å². The van der Waals surface area contributed by atoms with Gasteiger partial charge in [-0.05, 0) is 40.4 Å². The van der Waals surface area contributed by atoms with E-state index in [-0.39, 0.29) is 0 Å². The minimum atomic E-state index is 0.607. The van der Waals surface area contributed by atoms with Gasteiger partial charge < -0.3 is 5.73 Å². The molecule has 6 nitrogen and oxygen atoms in total. The van der Waals surface area contributed by atoms with Crippen LogP contribution in [0.25, 0.3) is 5.69 Å². The van der Waals surface area contributed by atoms with Crippen LogP contribution in [0.3, 0.4) is 0 Å². The topological polar surface area (TPSA) is 82.5 Å². The fourth-order valence-electron chi connectivity index (χ4n) is 1.56. The molecule has 0 saturated heterocycles. The van der Waals surface area contributed by atoms with Crippen LogP contribution in [0.15, 0.2) is 58.8 Å². The predicted molar refractivity (Wildman–Crippen MR) is 71.9 cm³/mol. The molecule has 3 rings (SSSR count). The summed E-state index contributed by atoms with van der Waals surface area (Å²) in [6, 6.07) is 11.5. The van der Waals surface area contributed by atoms with E-state index in [1.165, 1.54) is 11.8 Å². The van der Waals surface area contributed by atoms with Gasteiger partial charge in [0.05, 0.1) is 17.6 Å². The van der Waals surface area contributed by atoms with Crippen molar-refractivity contribution in [3.05, 3.63) is 48.8 Å². The molecule has 3 aromatic rings. The lowest BCUT2D eigenvalue weighted by Gasteiger charge is -2.05. The summed E-state index contributed by atoms with van der Waals surface area (Å²) in [7, 11) is 0. The molecule has 0 aliphatic rings. The third-order valence-corrected chi connectivity index (χ3v) is 3.48. The number of hydrogen-bond acceptors (Lipinski definition) is 6. The van der Waals surface area contributed by atoms with Crippen molar-refractivity contribution < 1.29 is 0 Å². The molecule has 1 aromatic carbocycles. The number of nitrogens with zero attached hydrogens (tertiary/aromatic N) is 5. The minimum absolute atomic E-state index is 0.607. The summed E-state index contributed by atoms with van der Waals surface area (Å²) in [6.45, 7) is 0. The molecule has 19 heavy (non-hydrogen) atoms. The van der Waals surface area contributed by atoms with E-state index < -0.39 is 0 Å². The quantitative estimate of drug-likeness (QED) is 0.781. The first-order valence-corrected chi connectivity index (χ1v) is 6.37. The van der Waals surface area contributed by atoms with E-state index in [4.69, 9.17) is 5.73 Å². The smallest absolute Gasteiger partial charge is 0.218 e. The largest absolute Gasteiger partial charge is 0.397 e. The first-order chi connectivity index (χ1) is 9.34. The number of hydrogen-bond donors (Lipinski definition) is 1. The van der Waals surface area contributed by atoms with Crippen LogP contribution in [-0.2, 0) is 0 Å². The molecule has 94 valence electrons. The number of tetrazole rings is 1. The second-order valence-corrected chi connectivity index (χ2v) is 4.73. The van der Waals surface area contributed by atoms with Crippen molar-refractivity contribution in [1.82, 2.24) is 25.2 Å². The van der Waals surface area contributed by atoms with Gasteiger partial charge in [0.1, 0.15) is 0 Å². The SMILES string of the molecule is Nc1cnccc1Sc1nnnn1-c1ccccc1. The van der Waals surface area contributed by atoms with Crippen molar-refractivity contribution in [2.75, 3.05) is 5.73 Å². The number of benzene rings is 1. The molecule has 2 aromatic heterocycles. The summed E-state index contributed by atoms with van der Waals surface area (Å²) < 4.78 is 1.67. The van der Waals surface area contributed by atoms with E-state index in [1.54, 1.807) is 17.1 Å². The second kappa shape index (κ2) is 5.07. The molecule has 0 saturated carbocycles. The Balaban J connectivity index is 1.96. The van der Waals surface area contributed by atoms with E-state index in [1.807, 2.05) is 36.4 Å². The summed E-state index contributed by atoms with van der Waals surface area (Å²) in [5.41, 5.74) is 7.38. The number of nitrogens with two attached hydrogens (primary N) is 1. The van der Waals surface area contributed by atoms with Gasteiger partial charge in [-0.2, -0.15) is 4.68 Å². The monoisotopic (exact) mass is 270 g/mol. The van der Waals surface area contributed by atoms with Crippen molar-refractivity contribution >= 4 is 17.4 Å². The molecule has 0 radical (unpaired) electrons. The van der Waals surface area contributed by atoms with Gasteiger partial charge >= 0.3 is 0 Å². The molecule has 0 bridgehead atoms. The number of para-hydroxylation sites is 1. The van der Waals surface area contributed by atoms with E-state index in [0.717, 1.165) is 10.6 Å². The number of anilines is 1. The lowest BCUT2D eigenvalue weighted by molar-refractivity contribution is 0.756. The van der Waals surface area contributed by atoms with Crippen LogP contribution in [-0.4, -0.2) is 25.2 Å². The lowest BCUT2D eigenvalue weighted by Crippen LogP contribution is -1.99. The van der Waals surface area contributed by atoms with Crippen molar-refractivity contribution in [2.24, 2.45) is 0 Å². The first-order valence-electron chi connectivity index (χ1n) is 5.56. The number of aromatic nitrogens is 5. The lowest BCUT2D eigenvalue weighted by atomic mass is 10.3. The Kier molecular flexibility index (Phi) is 3.11. The normalized spacial score (nSPS) is 10.5. The predicted octanol–water partition coefficient (Wildman–Crippen LogP) is 1.79. The van der Waals surface area contributed by atoms with Crippen LogP contribution in [0.1, 0.15) is 0 Å². The number of nitrogen functional groups attached to an aromatic ring is 1. The van der Waals surface area contributed by atoms with Gasteiger partial charge in [0, 0.05) is 11.1 Å². The summed E-state index contributed by atoms with van der Waals surface area (Å²) in [4.78, 5) is 4.83. The summed E-state index contributed by atoms with van der Waals surface area (Å²) in [6.07, 6.45) is 3.30. The Bertz CT molecular complexity index is 681. The third kappa shape index (κ3) is 2.41. The third-order valence-electron chi connectivity index (χ3n) is 2.45. The second-order valence-electron chi connectivity index (χ2n) is 3.72. The van der Waals surface area contributed by atoms with Gasteiger partial charge in [0.25, 0.3) is 0 Å². The Morgan fingerprint density at radius 3 is 2.74 bits per heavy atom.